The molecule has 0 aliphatic carbocycles. The van der Waals surface area contributed by atoms with Crippen LogP contribution in [0.4, 0.5) is 5.69 Å². The third-order valence-corrected chi connectivity index (χ3v) is 4.46. The molecule has 2 aromatic rings. The largest absolute Gasteiger partial charge is 0.337 e. The molecule has 3 N–H and O–H groups in total. The summed E-state index contributed by atoms with van der Waals surface area (Å²) in [5.74, 6) is 0.645. The van der Waals surface area contributed by atoms with Gasteiger partial charge in [-0.3, -0.25) is 4.72 Å². The zero-order valence-electron chi connectivity index (χ0n) is 12.2. The van der Waals surface area contributed by atoms with Crippen LogP contribution in [0.3, 0.4) is 0 Å². The van der Waals surface area contributed by atoms with Crippen LogP contribution in [0.5, 0.6) is 0 Å². The number of nitrogens with two attached hydrogens (primary N) is 1. The Balaban J connectivity index is 2.20. The lowest BCUT2D eigenvalue weighted by Gasteiger charge is -2.07. The quantitative estimate of drug-likeness (QED) is 0.844. The highest BCUT2D eigenvalue weighted by molar-refractivity contribution is 7.92. The van der Waals surface area contributed by atoms with E-state index in [4.69, 9.17) is 5.73 Å². The average molecular weight is 308 g/mol. The maximum absolute atomic E-state index is 12.3. The highest BCUT2D eigenvalue weighted by atomic mass is 32.2. The maximum Gasteiger partial charge on any atom is 0.280 e. The molecule has 0 amide bonds. The fourth-order valence-corrected chi connectivity index (χ4v) is 3.05. The van der Waals surface area contributed by atoms with Crippen LogP contribution in [0.1, 0.15) is 17.8 Å². The van der Waals surface area contributed by atoms with Gasteiger partial charge in [-0.15, -0.1) is 0 Å². The topological polar surface area (TPSA) is 90.0 Å². The van der Waals surface area contributed by atoms with Crippen LogP contribution in [-0.2, 0) is 23.5 Å². The molecule has 7 heteroatoms. The van der Waals surface area contributed by atoms with E-state index in [1.165, 1.54) is 6.20 Å². The number of sulfonamides is 1. The van der Waals surface area contributed by atoms with E-state index in [2.05, 4.69) is 9.71 Å². The molecule has 0 bridgehead atoms. The Hall–Kier alpha value is -1.86. The highest BCUT2D eigenvalue weighted by Crippen LogP contribution is 2.17. The molecule has 0 saturated carbocycles. The van der Waals surface area contributed by atoms with Crippen LogP contribution in [0.2, 0.25) is 0 Å². The smallest absolute Gasteiger partial charge is 0.280 e. The first-order chi connectivity index (χ1) is 9.92. The van der Waals surface area contributed by atoms with Gasteiger partial charge in [0, 0.05) is 18.9 Å². The lowest BCUT2D eigenvalue weighted by molar-refractivity contribution is 0.598. The van der Waals surface area contributed by atoms with E-state index in [9.17, 15) is 8.42 Å². The van der Waals surface area contributed by atoms with Gasteiger partial charge in [0.1, 0.15) is 5.82 Å². The Kier molecular flexibility index (Phi) is 4.64. The number of aromatic nitrogens is 2. The van der Waals surface area contributed by atoms with Crippen molar-refractivity contribution in [3.05, 3.63) is 41.9 Å². The predicted molar refractivity (Wildman–Crippen MR) is 82.6 cm³/mol. The molecule has 0 saturated heterocycles. The molecule has 0 aliphatic heterocycles. The van der Waals surface area contributed by atoms with Crippen LogP contribution in [0.15, 0.2) is 35.5 Å². The molecule has 2 rings (SSSR count). The monoisotopic (exact) mass is 308 g/mol. The maximum atomic E-state index is 12.3. The Morgan fingerprint density at radius 2 is 2.14 bits per heavy atom. The molecule has 114 valence electrons. The molecular formula is C14H20N4O2S. The van der Waals surface area contributed by atoms with Crippen molar-refractivity contribution in [2.75, 3.05) is 11.3 Å². The van der Waals surface area contributed by atoms with Gasteiger partial charge in [0.2, 0.25) is 0 Å². The summed E-state index contributed by atoms with van der Waals surface area (Å²) < 4.78 is 28.8. The minimum atomic E-state index is -3.66. The van der Waals surface area contributed by atoms with Crippen molar-refractivity contribution in [3.8, 4) is 0 Å². The second-order valence-corrected chi connectivity index (χ2v) is 6.56. The lowest BCUT2D eigenvalue weighted by Crippen LogP contribution is -2.13. The van der Waals surface area contributed by atoms with Gasteiger partial charge in [-0.1, -0.05) is 12.1 Å². The predicted octanol–water partition coefficient (Wildman–Crippen LogP) is 1.42. The summed E-state index contributed by atoms with van der Waals surface area (Å²) in [6, 6.07) is 7.33. The number of nitrogens with zero attached hydrogens (tertiary/aromatic N) is 2. The van der Waals surface area contributed by atoms with Crippen molar-refractivity contribution in [3.63, 3.8) is 0 Å². The molecule has 0 fully saturated rings. The number of anilines is 1. The number of rotatable bonds is 6. The van der Waals surface area contributed by atoms with Gasteiger partial charge in [-0.25, -0.2) is 4.98 Å². The first-order valence-corrected chi connectivity index (χ1v) is 8.22. The fraction of sp³-hybridized carbons (Fsp3) is 0.357. The van der Waals surface area contributed by atoms with Gasteiger partial charge in [-0.05, 0) is 44.0 Å². The molecule has 0 unspecified atom stereocenters. The van der Waals surface area contributed by atoms with E-state index in [1.807, 2.05) is 18.2 Å². The summed E-state index contributed by atoms with van der Waals surface area (Å²) in [7, 11) is -1.90. The molecule has 1 aromatic heterocycles. The van der Waals surface area contributed by atoms with Gasteiger partial charge in [0.15, 0.2) is 5.03 Å². The first-order valence-electron chi connectivity index (χ1n) is 6.74. The van der Waals surface area contributed by atoms with Gasteiger partial charge >= 0.3 is 0 Å². The van der Waals surface area contributed by atoms with E-state index in [1.54, 1.807) is 24.6 Å². The van der Waals surface area contributed by atoms with Gasteiger partial charge in [0.25, 0.3) is 10.0 Å². The van der Waals surface area contributed by atoms with Crippen molar-refractivity contribution in [2.45, 2.75) is 24.8 Å². The lowest BCUT2D eigenvalue weighted by atomic mass is 10.1. The first kappa shape index (κ1) is 15.5. The van der Waals surface area contributed by atoms with Crippen molar-refractivity contribution < 1.29 is 8.42 Å². The van der Waals surface area contributed by atoms with Crippen molar-refractivity contribution in [1.82, 2.24) is 9.55 Å². The number of nitrogens with one attached hydrogen (secondary N) is 1. The number of aryl methyl sites for hydroxylation is 3. The Morgan fingerprint density at radius 3 is 2.76 bits per heavy atom. The van der Waals surface area contributed by atoms with Crippen LogP contribution in [0.25, 0.3) is 0 Å². The Labute approximate surface area is 125 Å². The number of hydrogen-bond acceptors (Lipinski definition) is 4. The Morgan fingerprint density at radius 1 is 1.38 bits per heavy atom. The average Bonchev–Trinajstić information content (AvgIpc) is 2.77. The van der Waals surface area contributed by atoms with E-state index in [0.29, 0.717) is 18.1 Å². The normalized spacial score (nSPS) is 11.6. The standard InChI is InChI=1S/C14H20N4O2S/c1-11-16-14(10-18(11)2)21(19,20)17-13-7-3-5-12(9-13)6-4-8-15/h3,5,7,9-10,17H,4,6,8,15H2,1-2H3. The number of imidazole rings is 1. The third kappa shape index (κ3) is 3.83. The van der Waals surface area contributed by atoms with Crippen LogP contribution < -0.4 is 10.5 Å². The molecular weight excluding hydrogens is 288 g/mol. The van der Waals surface area contributed by atoms with Crippen molar-refractivity contribution >= 4 is 15.7 Å². The highest BCUT2D eigenvalue weighted by Gasteiger charge is 2.18. The summed E-state index contributed by atoms with van der Waals surface area (Å²) in [5, 5.41) is 0.0230. The summed E-state index contributed by atoms with van der Waals surface area (Å²) >= 11 is 0. The number of hydrogen-bond donors (Lipinski definition) is 2. The zero-order chi connectivity index (χ0) is 15.5. The summed E-state index contributed by atoms with van der Waals surface area (Å²) in [6.07, 6.45) is 3.19. The molecule has 21 heavy (non-hydrogen) atoms. The summed E-state index contributed by atoms with van der Waals surface area (Å²) in [4.78, 5) is 4.05. The van der Waals surface area contributed by atoms with Crippen LogP contribution >= 0.6 is 0 Å². The van der Waals surface area contributed by atoms with Crippen molar-refractivity contribution in [2.24, 2.45) is 12.8 Å². The second-order valence-electron chi connectivity index (χ2n) is 4.94. The van der Waals surface area contributed by atoms with Gasteiger partial charge in [0.05, 0.1) is 0 Å². The second kappa shape index (κ2) is 6.28. The molecule has 1 heterocycles. The molecule has 0 radical (unpaired) electrons. The Bertz CT molecular complexity index is 703. The minimum absolute atomic E-state index is 0.0230. The molecule has 6 nitrogen and oxygen atoms in total. The van der Waals surface area contributed by atoms with Crippen LogP contribution in [-0.4, -0.2) is 24.5 Å². The van der Waals surface area contributed by atoms with Gasteiger partial charge < -0.3 is 10.3 Å². The van der Waals surface area contributed by atoms with E-state index in [0.717, 1.165) is 18.4 Å². The third-order valence-electron chi connectivity index (χ3n) is 3.21. The van der Waals surface area contributed by atoms with E-state index >= 15 is 0 Å². The minimum Gasteiger partial charge on any atom is -0.337 e. The zero-order valence-corrected chi connectivity index (χ0v) is 13.0. The molecule has 1 aromatic carbocycles. The van der Waals surface area contributed by atoms with E-state index < -0.39 is 10.0 Å². The van der Waals surface area contributed by atoms with Crippen molar-refractivity contribution in [1.29, 1.82) is 0 Å². The fourth-order valence-electron chi connectivity index (χ4n) is 1.96. The van der Waals surface area contributed by atoms with Crippen LogP contribution in [0, 0.1) is 6.92 Å². The van der Waals surface area contributed by atoms with Gasteiger partial charge in [-0.2, -0.15) is 8.42 Å². The van der Waals surface area contributed by atoms with E-state index in [-0.39, 0.29) is 5.03 Å². The molecule has 0 aliphatic rings. The summed E-state index contributed by atoms with van der Waals surface area (Å²) in [5.41, 5.74) is 7.08. The number of benzene rings is 1. The molecule has 0 atom stereocenters. The summed E-state index contributed by atoms with van der Waals surface area (Å²) in [6.45, 7) is 2.37. The molecule has 0 spiro atoms. The SMILES string of the molecule is Cc1nc(S(=O)(=O)Nc2cccc(CCCN)c2)cn1C.